The van der Waals surface area contributed by atoms with Crippen LogP contribution in [0.1, 0.15) is 25.8 Å². The lowest BCUT2D eigenvalue weighted by Crippen LogP contribution is -2.26. The van der Waals surface area contributed by atoms with Crippen LogP contribution < -0.4 is 0 Å². The lowest BCUT2D eigenvalue weighted by Gasteiger charge is -2.24. The molecule has 0 aliphatic heterocycles. The summed E-state index contributed by atoms with van der Waals surface area (Å²) in [5.74, 6) is -0.510. The molecule has 0 aliphatic rings. The zero-order chi connectivity index (χ0) is 13.9. The maximum absolute atomic E-state index is 11.4. The number of hydrogen-bond donors (Lipinski definition) is 1. The van der Waals surface area contributed by atoms with Crippen molar-refractivity contribution in [3.63, 3.8) is 0 Å². The second-order valence-electron chi connectivity index (χ2n) is 3.98. The van der Waals surface area contributed by atoms with Gasteiger partial charge in [0.25, 0.3) is 0 Å². The summed E-state index contributed by atoms with van der Waals surface area (Å²) in [5, 5.41) is 10.9. The van der Waals surface area contributed by atoms with Crippen LogP contribution >= 0.6 is 34.8 Å². The van der Waals surface area contributed by atoms with Crippen LogP contribution in [0.2, 0.25) is 15.1 Å². The highest BCUT2D eigenvalue weighted by molar-refractivity contribution is 6.48. The molecule has 1 aromatic carbocycles. The number of carbonyl (C=O) groups is 1. The maximum atomic E-state index is 11.4. The average Bonchev–Trinajstić information content (AvgIpc) is 2.25. The summed E-state index contributed by atoms with van der Waals surface area (Å²) in [6.07, 6.45) is -0.210. The van der Waals surface area contributed by atoms with Crippen molar-refractivity contribution >= 4 is 40.8 Å². The van der Waals surface area contributed by atoms with Gasteiger partial charge in [-0.1, -0.05) is 40.9 Å². The summed E-state index contributed by atoms with van der Waals surface area (Å²) in [5.41, 5.74) is -1.12. The molecule has 0 bridgehead atoms. The Labute approximate surface area is 121 Å². The number of halogens is 3. The largest absolute Gasteiger partial charge is 0.466 e. The zero-order valence-electron chi connectivity index (χ0n) is 9.97. The Kier molecular flexibility index (Phi) is 5.29. The molecule has 18 heavy (non-hydrogen) atoms. The number of carbonyl (C=O) groups excluding carboxylic acids is 1. The van der Waals surface area contributed by atoms with E-state index in [0.29, 0.717) is 5.56 Å². The van der Waals surface area contributed by atoms with Crippen LogP contribution in [0.15, 0.2) is 12.1 Å². The summed E-state index contributed by atoms with van der Waals surface area (Å²) in [6, 6.07) is 3.06. The van der Waals surface area contributed by atoms with Crippen LogP contribution in [0, 0.1) is 0 Å². The molecular weight excluding hydrogens is 298 g/mol. The van der Waals surface area contributed by atoms with Crippen molar-refractivity contribution in [2.75, 3.05) is 6.61 Å². The van der Waals surface area contributed by atoms with Crippen LogP contribution in [0.3, 0.4) is 0 Å². The van der Waals surface area contributed by atoms with E-state index in [9.17, 15) is 9.90 Å². The summed E-state index contributed by atoms with van der Waals surface area (Å²) in [4.78, 5) is 11.4. The van der Waals surface area contributed by atoms with E-state index in [1.165, 1.54) is 19.1 Å². The maximum Gasteiger partial charge on any atom is 0.309 e. The van der Waals surface area contributed by atoms with Gasteiger partial charge in [-0.2, -0.15) is 0 Å². The molecule has 1 aromatic rings. The number of benzene rings is 1. The Morgan fingerprint density at radius 1 is 1.33 bits per heavy atom. The van der Waals surface area contributed by atoms with Crippen LogP contribution in [0.5, 0.6) is 0 Å². The minimum Gasteiger partial charge on any atom is -0.466 e. The minimum absolute atomic E-state index is 0.137. The van der Waals surface area contributed by atoms with Gasteiger partial charge in [0.05, 0.1) is 33.7 Å². The second kappa shape index (κ2) is 6.11. The Morgan fingerprint density at radius 3 is 2.50 bits per heavy atom. The normalized spacial score (nSPS) is 14.1. The Bertz CT molecular complexity index is 458. The molecule has 1 N–H and O–H groups in total. The molecule has 0 aromatic heterocycles. The molecule has 0 amide bonds. The summed E-state index contributed by atoms with van der Waals surface area (Å²) in [7, 11) is 0. The molecule has 1 unspecified atom stereocenters. The van der Waals surface area contributed by atoms with Gasteiger partial charge >= 0.3 is 5.97 Å². The van der Waals surface area contributed by atoms with E-state index >= 15 is 0 Å². The van der Waals surface area contributed by atoms with E-state index in [4.69, 9.17) is 39.5 Å². The fourth-order valence-electron chi connectivity index (χ4n) is 1.53. The highest BCUT2D eigenvalue weighted by Crippen LogP contribution is 2.38. The Balaban J connectivity index is 3.05. The van der Waals surface area contributed by atoms with Crippen molar-refractivity contribution in [1.82, 2.24) is 0 Å². The van der Waals surface area contributed by atoms with Gasteiger partial charge in [0.2, 0.25) is 0 Å². The molecule has 6 heteroatoms. The third-order valence-corrected chi connectivity index (χ3v) is 3.70. The first kappa shape index (κ1) is 15.6. The highest BCUT2D eigenvalue weighted by atomic mass is 35.5. The number of rotatable bonds is 4. The molecule has 0 saturated heterocycles. The smallest absolute Gasteiger partial charge is 0.309 e. The monoisotopic (exact) mass is 310 g/mol. The topological polar surface area (TPSA) is 46.5 Å². The summed E-state index contributed by atoms with van der Waals surface area (Å²) < 4.78 is 4.79. The standard InChI is InChI=1S/C12H13Cl3O3/c1-3-18-9(16)6-12(2,17)7-4-5-8(13)11(15)10(7)14/h4-5,17H,3,6H2,1-2H3. The lowest BCUT2D eigenvalue weighted by molar-refractivity contribution is -0.148. The number of ether oxygens (including phenoxy) is 1. The van der Waals surface area contributed by atoms with Gasteiger partial charge in [0.15, 0.2) is 0 Å². The third-order valence-electron chi connectivity index (χ3n) is 2.41. The first-order valence-corrected chi connectivity index (χ1v) is 6.45. The van der Waals surface area contributed by atoms with Crippen molar-refractivity contribution < 1.29 is 14.6 Å². The minimum atomic E-state index is -1.46. The Hall–Kier alpha value is -0.480. The zero-order valence-corrected chi connectivity index (χ0v) is 12.2. The number of esters is 1. The molecule has 1 atom stereocenters. The van der Waals surface area contributed by atoms with Gasteiger partial charge in [-0.3, -0.25) is 4.79 Å². The van der Waals surface area contributed by atoms with Crippen molar-refractivity contribution in [1.29, 1.82) is 0 Å². The van der Waals surface area contributed by atoms with Crippen LogP contribution in [-0.4, -0.2) is 17.7 Å². The van der Waals surface area contributed by atoms with Gasteiger partial charge < -0.3 is 9.84 Å². The molecule has 1 rings (SSSR count). The molecule has 0 fully saturated rings. The molecule has 3 nitrogen and oxygen atoms in total. The molecule has 0 saturated carbocycles. The van der Waals surface area contributed by atoms with Crippen molar-refractivity contribution in [3.8, 4) is 0 Å². The molecule has 100 valence electrons. The van der Waals surface area contributed by atoms with E-state index in [-0.39, 0.29) is 28.1 Å². The Morgan fingerprint density at radius 2 is 1.94 bits per heavy atom. The predicted molar refractivity (Wildman–Crippen MR) is 72.3 cm³/mol. The van der Waals surface area contributed by atoms with E-state index < -0.39 is 11.6 Å². The third kappa shape index (κ3) is 3.51. The number of hydrogen-bond acceptors (Lipinski definition) is 3. The van der Waals surface area contributed by atoms with Crippen molar-refractivity contribution in [2.24, 2.45) is 0 Å². The quantitative estimate of drug-likeness (QED) is 0.679. The van der Waals surface area contributed by atoms with Gasteiger partial charge in [0, 0.05) is 5.56 Å². The van der Waals surface area contributed by atoms with E-state index in [0.717, 1.165) is 0 Å². The van der Waals surface area contributed by atoms with E-state index in [2.05, 4.69) is 0 Å². The fraction of sp³-hybridized carbons (Fsp3) is 0.417. The molecule has 0 aliphatic carbocycles. The molecular formula is C12H13Cl3O3. The summed E-state index contributed by atoms with van der Waals surface area (Å²) >= 11 is 17.7. The van der Waals surface area contributed by atoms with Crippen molar-refractivity contribution in [2.45, 2.75) is 25.9 Å². The van der Waals surface area contributed by atoms with Gasteiger partial charge in [-0.25, -0.2) is 0 Å². The predicted octanol–water partition coefficient (Wildman–Crippen LogP) is 3.81. The van der Waals surface area contributed by atoms with Crippen molar-refractivity contribution in [3.05, 3.63) is 32.8 Å². The van der Waals surface area contributed by atoms with Gasteiger partial charge in [0.1, 0.15) is 0 Å². The number of aliphatic hydroxyl groups is 1. The fourth-order valence-corrected chi connectivity index (χ4v) is 2.27. The molecule has 0 radical (unpaired) electrons. The van der Waals surface area contributed by atoms with Gasteiger partial charge in [-0.05, 0) is 19.9 Å². The lowest BCUT2D eigenvalue weighted by atomic mass is 9.92. The summed E-state index contributed by atoms with van der Waals surface area (Å²) in [6.45, 7) is 3.41. The van der Waals surface area contributed by atoms with E-state index in [1.807, 2.05) is 0 Å². The average molecular weight is 312 g/mol. The van der Waals surface area contributed by atoms with Gasteiger partial charge in [-0.15, -0.1) is 0 Å². The van der Waals surface area contributed by atoms with Crippen LogP contribution in [-0.2, 0) is 15.1 Å². The first-order valence-electron chi connectivity index (χ1n) is 5.31. The van der Waals surface area contributed by atoms with Crippen LogP contribution in [0.4, 0.5) is 0 Å². The van der Waals surface area contributed by atoms with E-state index in [1.54, 1.807) is 6.92 Å². The van der Waals surface area contributed by atoms with Crippen LogP contribution in [0.25, 0.3) is 0 Å². The molecule has 0 spiro atoms. The first-order chi connectivity index (χ1) is 8.29. The SMILES string of the molecule is CCOC(=O)CC(C)(O)c1ccc(Cl)c(Cl)c1Cl. The molecule has 0 heterocycles. The second-order valence-corrected chi connectivity index (χ2v) is 5.14. The highest BCUT2D eigenvalue weighted by Gasteiger charge is 2.30.